The summed E-state index contributed by atoms with van der Waals surface area (Å²) >= 11 is 5.87. The van der Waals surface area contributed by atoms with Gasteiger partial charge < -0.3 is 9.47 Å². The van der Waals surface area contributed by atoms with Crippen molar-refractivity contribution in [3.8, 4) is 0 Å². The second-order valence-electron chi connectivity index (χ2n) is 3.00. The van der Waals surface area contributed by atoms with Gasteiger partial charge in [-0.25, -0.2) is 0 Å². The van der Waals surface area contributed by atoms with Crippen LogP contribution in [-0.4, -0.2) is 41.7 Å². The maximum atomic E-state index is 5.87. The van der Waals surface area contributed by atoms with E-state index in [1.807, 2.05) is 11.5 Å². The molecule has 1 heterocycles. The van der Waals surface area contributed by atoms with Crippen molar-refractivity contribution in [1.29, 1.82) is 0 Å². The molecule has 0 amide bonds. The van der Waals surface area contributed by atoms with Crippen molar-refractivity contribution in [2.24, 2.45) is 0 Å². The normalized spacial score (nSPS) is 10.9. The molecule has 5 nitrogen and oxygen atoms in total. The van der Waals surface area contributed by atoms with E-state index < -0.39 is 0 Å². The number of aryl methyl sites for hydroxylation is 1. The van der Waals surface area contributed by atoms with E-state index in [4.69, 9.17) is 21.1 Å². The molecule has 0 spiro atoms. The van der Waals surface area contributed by atoms with E-state index in [1.165, 1.54) is 0 Å². The maximum Gasteiger partial charge on any atom is 0.225 e. The van der Waals surface area contributed by atoms with Crippen molar-refractivity contribution in [3.63, 3.8) is 0 Å². The van der Waals surface area contributed by atoms with Crippen molar-refractivity contribution < 1.29 is 9.47 Å². The van der Waals surface area contributed by atoms with Gasteiger partial charge in [-0.15, -0.1) is 10.2 Å². The van der Waals surface area contributed by atoms with Gasteiger partial charge in [0, 0.05) is 13.5 Å². The molecule has 0 radical (unpaired) electrons. The highest BCUT2D eigenvalue weighted by atomic mass is 35.5. The Bertz CT molecular complexity index is 291. The van der Waals surface area contributed by atoms with Crippen LogP contribution in [0.3, 0.4) is 0 Å². The van der Waals surface area contributed by atoms with Crippen LogP contribution in [0.25, 0.3) is 0 Å². The summed E-state index contributed by atoms with van der Waals surface area (Å²) < 4.78 is 12.1. The van der Waals surface area contributed by atoms with Crippen molar-refractivity contribution in [2.45, 2.75) is 19.9 Å². The molecule has 0 saturated heterocycles. The fourth-order valence-corrected chi connectivity index (χ4v) is 1.42. The van der Waals surface area contributed by atoms with Crippen LogP contribution in [0.15, 0.2) is 0 Å². The van der Waals surface area contributed by atoms with Crippen LogP contribution < -0.4 is 0 Å². The van der Waals surface area contributed by atoms with Crippen molar-refractivity contribution >= 4 is 11.6 Å². The number of halogens is 1. The lowest BCUT2D eigenvalue weighted by molar-refractivity contribution is 0.0663. The van der Waals surface area contributed by atoms with E-state index in [1.54, 1.807) is 7.11 Å². The summed E-state index contributed by atoms with van der Waals surface area (Å²) in [4.78, 5) is 0. The van der Waals surface area contributed by atoms with Gasteiger partial charge in [0.05, 0.1) is 26.4 Å². The highest BCUT2D eigenvalue weighted by Gasteiger charge is 2.07. The Morgan fingerprint density at radius 2 is 2.07 bits per heavy atom. The molecular weight excluding hydrogens is 218 g/mol. The molecular formula is C9H16ClN3O2. The summed E-state index contributed by atoms with van der Waals surface area (Å²) in [6.45, 7) is 4.49. The molecule has 15 heavy (non-hydrogen) atoms. The molecule has 0 aromatic carbocycles. The van der Waals surface area contributed by atoms with Crippen LogP contribution in [0.2, 0.25) is 5.28 Å². The average Bonchev–Trinajstić information content (AvgIpc) is 2.60. The van der Waals surface area contributed by atoms with Gasteiger partial charge in [0.2, 0.25) is 5.28 Å². The summed E-state index contributed by atoms with van der Waals surface area (Å²) in [6, 6.07) is 0. The molecule has 0 N–H and O–H groups in total. The van der Waals surface area contributed by atoms with Crippen LogP contribution >= 0.6 is 11.6 Å². The van der Waals surface area contributed by atoms with Gasteiger partial charge in [-0.05, 0) is 11.6 Å². The first kappa shape index (κ1) is 12.4. The number of hydrogen-bond acceptors (Lipinski definition) is 4. The minimum absolute atomic E-state index is 0.419. The fraction of sp³-hybridized carbons (Fsp3) is 0.778. The Balaban J connectivity index is 2.33. The molecule has 1 rings (SSSR count). The highest BCUT2D eigenvalue weighted by molar-refractivity contribution is 6.28. The second-order valence-corrected chi connectivity index (χ2v) is 3.33. The molecule has 0 aliphatic rings. The Morgan fingerprint density at radius 3 is 2.73 bits per heavy atom. The number of aromatic nitrogens is 3. The highest BCUT2D eigenvalue weighted by Crippen LogP contribution is 2.08. The number of nitrogens with zero attached hydrogens (tertiary/aromatic N) is 3. The zero-order chi connectivity index (χ0) is 11.1. The molecule has 0 bridgehead atoms. The maximum absolute atomic E-state index is 5.87. The topological polar surface area (TPSA) is 49.2 Å². The minimum atomic E-state index is 0.419. The minimum Gasteiger partial charge on any atom is -0.382 e. The van der Waals surface area contributed by atoms with Crippen LogP contribution in [0.1, 0.15) is 12.7 Å². The van der Waals surface area contributed by atoms with Crippen LogP contribution in [0, 0.1) is 0 Å². The van der Waals surface area contributed by atoms with E-state index in [0.717, 1.165) is 12.2 Å². The lowest BCUT2D eigenvalue weighted by Crippen LogP contribution is -2.11. The molecule has 0 saturated carbocycles. The Morgan fingerprint density at radius 1 is 1.27 bits per heavy atom. The third-order valence-corrected chi connectivity index (χ3v) is 2.27. The predicted molar refractivity (Wildman–Crippen MR) is 57.1 cm³/mol. The number of rotatable bonds is 7. The largest absolute Gasteiger partial charge is 0.382 e. The van der Waals surface area contributed by atoms with Crippen molar-refractivity contribution in [3.05, 3.63) is 11.1 Å². The lowest BCUT2D eigenvalue weighted by atomic mass is 10.4. The second kappa shape index (κ2) is 6.76. The van der Waals surface area contributed by atoms with Crippen LogP contribution in [0.4, 0.5) is 0 Å². The first-order valence-electron chi connectivity index (χ1n) is 4.93. The molecule has 0 fully saturated rings. The van der Waals surface area contributed by atoms with Crippen LogP contribution in [-0.2, 0) is 22.4 Å². The summed E-state index contributed by atoms with van der Waals surface area (Å²) in [5, 5.41) is 8.17. The number of ether oxygens (including phenoxy) is 2. The third kappa shape index (κ3) is 3.77. The van der Waals surface area contributed by atoms with Crippen molar-refractivity contribution in [2.75, 3.05) is 26.9 Å². The first-order valence-corrected chi connectivity index (χ1v) is 5.31. The summed E-state index contributed by atoms with van der Waals surface area (Å²) in [7, 11) is 1.65. The zero-order valence-electron chi connectivity index (χ0n) is 9.07. The SMILES string of the molecule is CCc1nnc(Cl)n1CCOCCOC. The smallest absolute Gasteiger partial charge is 0.225 e. The Hall–Kier alpha value is -0.650. The van der Waals surface area contributed by atoms with E-state index in [0.29, 0.717) is 31.6 Å². The van der Waals surface area contributed by atoms with Gasteiger partial charge in [-0.2, -0.15) is 0 Å². The van der Waals surface area contributed by atoms with E-state index in [-0.39, 0.29) is 0 Å². The lowest BCUT2D eigenvalue weighted by Gasteiger charge is -2.07. The van der Waals surface area contributed by atoms with Gasteiger partial charge in [-0.1, -0.05) is 6.92 Å². The van der Waals surface area contributed by atoms with Gasteiger partial charge in [0.1, 0.15) is 5.82 Å². The average molecular weight is 234 g/mol. The molecule has 86 valence electrons. The van der Waals surface area contributed by atoms with E-state index in [9.17, 15) is 0 Å². The van der Waals surface area contributed by atoms with Crippen molar-refractivity contribution in [1.82, 2.24) is 14.8 Å². The van der Waals surface area contributed by atoms with Gasteiger partial charge >= 0.3 is 0 Å². The standard InChI is InChI=1S/C9H16ClN3O2/c1-3-8-11-12-9(10)13(8)4-5-15-7-6-14-2/h3-7H2,1-2H3. The molecule has 1 aromatic rings. The predicted octanol–water partition coefficient (Wildman–Crippen LogP) is 1.16. The van der Waals surface area contributed by atoms with Gasteiger partial charge in [0.15, 0.2) is 0 Å². The van der Waals surface area contributed by atoms with E-state index in [2.05, 4.69) is 10.2 Å². The van der Waals surface area contributed by atoms with Crippen LogP contribution in [0.5, 0.6) is 0 Å². The summed E-state index contributed by atoms with van der Waals surface area (Å²) in [5.74, 6) is 0.885. The monoisotopic (exact) mass is 233 g/mol. The quantitative estimate of drug-likeness (QED) is 0.663. The molecule has 1 aromatic heterocycles. The van der Waals surface area contributed by atoms with Gasteiger partial charge in [0.25, 0.3) is 0 Å². The summed E-state index contributed by atoms with van der Waals surface area (Å²) in [6.07, 6.45) is 0.817. The number of hydrogen-bond donors (Lipinski definition) is 0. The van der Waals surface area contributed by atoms with Gasteiger partial charge in [-0.3, -0.25) is 4.57 Å². The third-order valence-electron chi connectivity index (χ3n) is 1.99. The molecule has 0 aliphatic heterocycles. The molecule has 0 aliphatic carbocycles. The van der Waals surface area contributed by atoms with E-state index >= 15 is 0 Å². The molecule has 0 unspecified atom stereocenters. The molecule has 0 atom stereocenters. The zero-order valence-corrected chi connectivity index (χ0v) is 9.83. The Labute approximate surface area is 94.3 Å². The number of methoxy groups -OCH3 is 1. The summed E-state index contributed by atoms with van der Waals surface area (Å²) in [5.41, 5.74) is 0. The fourth-order valence-electron chi connectivity index (χ4n) is 1.20. The molecule has 6 heteroatoms. The first-order chi connectivity index (χ1) is 7.29. The Kier molecular flexibility index (Phi) is 5.60.